The van der Waals surface area contributed by atoms with Crippen LogP contribution in [0.3, 0.4) is 0 Å². The van der Waals surface area contributed by atoms with E-state index in [1.54, 1.807) is 6.92 Å². The number of nitrogens with zero attached hydrogens (tertiary/aromatic N) is 1. The van der Waals surface area contributed by atoms with Gasteiger partial charge in [0.25, 0.3) is 5.91 Å². The van der Waals surface area contributed by atoms with Crippen LogP contribution in [0.5, 0.6) is 0 Å². The summed E-state index contributed by atoms with van der Waals surface area (Å²) in [4.78, 5) is 15.6. The van der Waals surface area contributed by atoms with Gasteiger partial charge in [-0.05, 0) is 19.3 Å². The molecule has 2 rings (SSSR count). The molecule has 6 heteroatoms. The molecule has 1 aliphatic rings. The predicted molar refractivity (Wildman–Crippen MR) is 58.4 cm³/mol. The molecule has 94 valence electrons. The van der Waals surface area contributed by atoms with Crippen LogP contribution >= 0.6 is 0 Å². The van der Waals surface area contributed by atoms with Crippen molar-refractivity contribution in [2.45, 2.75) is 44.4 Å². The number of aryl methyl sites for hydroxylation is 1. The Hall–Kier alpha value is -1.40. The van der Waals surface area contributed by atoms with Crippen LogP contribution in [-0.4, -0.2) is 39.4 Å². The Morgan fingerprint density at radius 2 is 2.29 bits per heavy atom. The van der Waals surface area contributed by atoms with Gasteiger partial charge in [0.05, 0.1) is 18.2 Å². The smallest absolute Gasteiger partial charge is 0.273 e. The SMILES string of the molecule is Cc1nc(C(=O)N[C@@H]2CCC[C@@H](O)[C@@H]2O)co1. The van der Waals surface area contributed by atoms with E-state index >= 15 is 0 Å². The summed E-state index contributed by atoms with van der Waals surface area (Å²) in [5.41, 5.74) is 0.190. The summed E-state index contributed by atoms with van der Waals surface area (Å²) in [6.45, 7) is 1.65. The Labute approximate surface area is 98.7 Å². The number of nitrogens with one attached hydrogen (secondary N) is 1. The van der Waals surface area contributed by atoms with Gasteiger partial charge in [-0.15, -0.1) is 0 Å². The third-order valence-corrected chi connectivity index (χ3v) is 2.99. The van der Waals surface area contributed by atoms with Crippen molar-refractivity contribution in [3.05, 3.63) is 17.8 Å². The van der Waals surface area contributed by atoms with Gasteiger partial charge in [0.15, 0.2) is 11.6 Å². The molecule has 1 aromatic heterocycles. The van der Waals surface area contributed by atoms with Crippen molar-refractivity contribution in [3.63, 3.8) is 0 Å². The fraction of sp³-hybridized carbons (Fsp3) is 0.636. The van der Waals surface area contributed by atoms with E-state index in [0.717, 1.165) is 6.42 Å². The number of aliphatic hydroxyl groups excluding tert-OH is 2. The molecule has 6 nitrogen and oxygen atoms in total. The second-order valence-corrected chi connectivity index (χ2v) is 4.32. The summed E-state index contributed by atoms with van der Waals surface area (Å²) in [5, 5.41) is 21.9. The third kappa shape index (κ3) is 2.65. The van der Waals surface area contributed by atoms with Gasteiger partial charge in [-0.25, -0.2) is 4.98 Å². The molecule has 0 unspecified atom stereocenters. The van der Waals surface area contributed by atoms with Gasteiger partial charge < -0.3 is 19.9 Å². The number of hydrogen-bond donors (Lipinski definition) is 3. The molecule has 0 radical (unpaired) electrons. The minimum atomic E-state index is -0.916. The van der Waals surface area contributed by atoms with Crippen LogP contribution < -0.4 is 5.32 Å². The monoisotopic (exact) mass is 240 g/mol. The summed E-state index contributed by atoms with van der Waals surface area (Å²) in [6.07, 6.45) is 1.59. The summed E-state index contributed by atoms with van der Waals surface area (Å²) in [5.74, 6) is 0.0272. The fourth-order valence-corrected chi connectivity index (χ4v) is 2.02. The van der Waals surface area contributed by atoms with Crippen molar-refractivity contribution in [1.29, 1.82) is 0 Å². The molecule has 3 N–H and O–H groups in total. The molecule has 1 saturated carbocycles. The van der Waals surface area contributed by atoms with Gasteiger partial charge in [0, 0.05) is 6.92 Å². The summed E-state index contributed by atoms with van der Waals surface area (Å²) >= 11 is 0. The number of aliphatic hydroxyl groups is 2. The average molecular weight is 240 g/mol. The van der Waals surface area contributed by atoms with Crippen LogP contribution in [0, 0.1) is 6.92 Å². The van der Waals surface area contributed by atoms with Crippen molar-refractivity contribution in [2.24, 2.45) is 0 Å². The highest BCUT2D eigenvalue weighted by molar-refractivity contribution is 5.92. The highest BCUT2D eigenvalue weighted by Crippen LogP contribution is 2.19. The van der Waals surface area contributed by atoms with Gasteiger partial charge in [-0.1, -0.05) is 0 Å². The largest absolute Gasteiger partial charge is 0.448 e. The van der Waals surface area contributed by atoms with Crippen molar-refractivity contribution >= 4 is 5.91 Å². The van der Waals surface area contributed by atoms with Crippen LogP contribution in [0.1, 0.15) is 35.6 Å². The Morgan fingerprint density at radius 1 is 1.53 bits per heavy atom. The number of rotatable bonds is 2. The number of amides is 1. The predicted octanol–water partition coefficient (Wildman–Crippen LogP) is -0.0129. The van der Waals surface area contributed by atoms with Gasteiger partial charge in [-0.2, -0.15) is 0 Å². The van der Waals surface area contributed by atoms with Gasteiger partial charge in [0.1, 0.15) is 6.26 Å². The first-order chi connectivity index (χ1) is 8.08. The number of oxazole rings is 1. The fourth-order valence-electron chi connectivity index (χ4n) is 2.02. The van der Waals surface area contributed by atoms with E-state index in [4.69, 9.17) is 4.42 Å². The normalized spacial score (nSPS) is 29.0. The zero-order chi connectivity index (χ0) is 12.4. The maximum atomic E-state index is 11.8. The van der Waals surface area contributed by atoms with Gasteiger partial charge in [0.2, 0.25) is 0 Å². The van der Waals surface area contributed by atoms with Crippen molar-refractivity contribution in [3.8, 4) is 0 Å². The van der Waals surface area contributed by atoms with E-state index in [9.17, 15) is 15.0 Å². The minimum Gasteiger partial charge on any atom is -0.448 e. The summed E-state index contributed by atoms with van der Waals surface area (Å²) in [6, 6.07) is -0.428. The Kier molecular flexibility index (Phi) is 3.44. The Balaban J connectivity index is 1.98. The lowest BCUT2D eigenvalue weighted by Gasteiger charge is -2.32. The van der Waals surface area contributed by atoms with Crippen LogP contribution in [0.25, 0.3) is 0 Å². The first-order valence-electron chi connectivity index (χ1n) is 5.67. The van der Waals surface area contributed by atoms with E-state index in [0.29, 0.717) is 18.7 Å². The van der Waals surface area contributed by atoms with Crippen LogP contribution in [0.4, 0.5) is 0 Å². The van der Waals surface area contributed by atoms with Crippen LogP contribution in [0.2, 0.25) is 0 Å². The molecule has 0 saturated heterocycles. The zero-order valence-corrected chi connectivity index (χ0v) is 9.59. The molecule has 0 bridgehead atoms. The first kappa shape index (κ1) is 12.1. The molecule has 1 fully saturated rings. The second kappa shape index (κ2) is 4.85. The Bertz CT molecular complexity index is 404. The van der Waals surface area contributed by atoms with Gasteiger partial charge in [-0.3, -0.25) is 4.79 Å². The molecule has 0 spiro atoms. The average Bonchev–Trinajstić information content (AvgIpc) is 2.72. The molecule has 17 heavy (non-hydrogen) atoms. The highest BCUT2D eigenvalue weighted by Gasteiger charge is 2.31. The third-order valence-electron chi connectivity index (χ3n) is 2.99. The summed E-state index contributed by atoms with van der Waals surface area (Å²) in [7, 11) is 0. The maximum absolute atomic E-state index is 11.8. The quantitative estimate of drug-likeness (QED) is 0.675. The van der Waals surface area contributed by atoms with E-state index in [-0.39, 0.29) is 11.6 Å². The molecule has 0 aliphatic heterocycles. The zero-order valence-electron chi connectivity index (χ0n) is 9.59. The number of hydrogen-bond acceptors (Lipinski definition) is 5. The molecule has 3 atom stereocenters. The topological polar surface area (TPSA) is 95.6 Å². The molecule has 1 aromatic rings. The lowest BCUT2D eigenvalue weighted by molar-refractivity contribution is -0.0278. The van der Waals surface area contributed by atoms with E-state index in [2.05, 4.69) is 10.3 Å². The number of aromatic nitrogens is 1. The lowest BCUT2D eigenvalue weighted by atomic mass is 9.90. The minimum absolute atomic E-state index is 0.190. The molecule has 0 aromatic carbocycles. The molecule has 1 heterocycles. The molecular weight excluding hydrogens is 224 g/mol. The van der Waals surface area contributed by atoms with Crippen molar-refractivity contribution < 1.29 is 19.4 Å². The van der Waals surface area contributed by atoms with E-state index in [1.807, 2.05) is 0 Å². The van der Waals surface area contributed by atoms with Crippen molar-refractivity contribution in [2.75, 3.05) is 0 Å². The number of carbonyl (C=O) groups is 1. The highest BCUT2D eigenvalue weighted by atomic mass is 16.3. The standard InChI is InChI=1S/C11H16N2O4/c1-6-12-8(5-17-6)11(16)13-7-3-2-4-9(14)10(7)15/h5,7,9-10,14-15H,2-4H2,1H3,(H,13,16)/t7-,9-,10-/m1/s1. The molecular formula is C11H16N2O4. The van der Waals surface area contributed by atoms with E-state index < -0.39 is 18.2 Å². The first-order valence-corrected chi connectivity index (χ1v) is 5.67. The summed E-state index contributed by atoms with van der Waals surface area (Å²) < 4.78 is 4.94. The van der Waals surface area contributed by atoms with Crippen molar-refractivity contribution in [1.82, 2.24) is 10.3 Å². The molecule has 1 amide bonds. The van der Waals surface area contributed by atoms with Crippen LogP contribution in [0.15, 0.2) is 10.7 Å². The number of carbonyl (C=O) groups excluding carboxylic acids is 1. The van der Waals surface area contributed by atoms with Crippen LogP contribution in [-0.2, 0) is 0 Å². The lowest BCUT2D eigenvalue weighted by Crippen LogP contribution is -2.51. The second-order valence-electron chi connectivity index (χ2n) is 4.32. The van der Waals surface area contributed by atoms with Gasteiger partial charge >= 0.3 is 0 Å². The van der Waals surface area contributed by atoms with E-state index in [1.165, 1.54) is 6.26 Å². The maximum Gasteiger partial charge on any atom is 0.273 e. The molecule has 1 aliphatic carbocycles. The Morgan fingerprint density at radius 3 is 2.94 bits per heavy atom.